The van der Waals surface area contributed by atoms with Crippen LogP contribution in [-0.4, -0.2) is 19.6 Å². The topological polar surface area (TPSA) is 38.3 Å². The van der Waals surface area contributed by atoms with E-state index in [9.17, 15) is 4.79 Å². The van der Waals surface area contributed by atoms with Crippen LogP contribution in [0.3, 0.4) is 0 Å². The van der Waals surface area contributed by atoms with Gasteiger partial charge >= 0.3 is 0 Å². The second kappa shape index (κ2) is 8.16. The molecule has 2 rings (SSSR count). The molecule has 0 bridgehead atoms. The van der Waals surface area contributed by atoms with E-state index < -0.39 is 0 Å². The molecule has 0 atom stereocenters. The highest BCUT2D eigenvalue weighted by atomic mass is 79.9. The Bertz CT molecular complexity index is 698. The maximum Gasteiger partial charge on any atom is 0.224 e. The maximum atomic E-state index is 12.1. The molecule has 0 fully saturated rings. The first-order chi connectivity index (χ1) is 11.0. The molecule has 0 radical (unpaired) electrons. The first-order valence-corrected chi connectivity index (χ1v) is 8.44. The number of carbonyl (C=O) groups excluding carboxylic acids is 1. The molecular formula is C19H22BrNO2. The minimum absolute atomic E-state index is 0.0437. The van der Waals surface area contributed by atoms with Crippen LogP contribution in [0.1, 0.15) is 22.3 Å². The Labute approximate surface area is 146 Å². The lowest BCUT2D eigenvalue weighted by Crippen LogP contribution is -2.27. The van der Waals surface area contributed by atoms with E-state index in [0.29, 0.717) is 13.0 Å². The fourth-order valence-corrected chi connectivity index (χ4v) is 2.85. The number of rotatable bonds is 6. The molecule has 3 nitrogen and oxygen atoms in total. The van der Waals surface area contributed by atoms with Crippen LogP contribution in [-0.2, 0) is 17.6 Å². The second-order valence-electron chi connectivity index (χ2n) is 5.65. The predicted octanol–water partition coefficient (Wildman–Crippen LogP) is 3.98. The normalized spacial score (nSPS) is 10.4. The lowest BCUT2D eigenvalue weighted by Gasteiger charge is -2.10. The summed E-state index contributed by atoms with van der Waals surface area (Å²) in [7, 11) is 1.66. The van der Waals surface area contributed by atoms with Crippen molar-refractivity contribution in [2.24, 2.45) is 0 Å². The Morgan fingerprint density at radius 1 is 1.13 bits per heavy atom. The summed E-state index contributed by atoms with van der Waals surface area (Å²) < 4.78 is 6.35. The number of hydrogen-bond acceptors (Lipinski definition) is 2. The van der Waals surface area contributed by atoms with Crippen LogP contribution in [0.5, 0.6) is 5.75 Å². The van der Waals surface area contributed by atoms with Crippen molar-refractivity contribution in [1.82, 2.24) is 5.32 Å². The van der Waals surface area contributed by atoms with Crippen molar-refractivity contribution in [1.29, 1.82) is 0 Å². The number of ether oxygens (including phenoxy) is 1. The predicted molar refractivity (Wildman–Crippen MR) is 97.0 cm³/mol. The Morgan fingerprint density at radius 2 is 1.91 bits per heavy atom. The largest absolute Gasteiger partial charge is 0.496 e. The molecule has 1 N–H and O–H groups in total. The van der Waals surface area contributed by atoms with Gasteiger partial charge in [-0.2, -0.15) is 0 Å². The third-order valence-electron chi connectivity index (χ3n) is 3.89. The molecule has 0 spiro atoms. The van der Waals surface area contributed by atoms with Crippen molar-refractivity contribution >= 4 is 21.8 Å². The molecule has 0 saturated carbocycles. The van der Waals surface area contributed by atoms with Crippen molar-refractivity contribution in [2.45, 2.75) is 26.7 Å². The van der Waals surface area contributed by atoms with Gasteiger partial charge in [-0.15, -0.1) is 0 Å². The highest BCUT2D eigenvalue weighted by Gasteiger charge is 2.07. The number of methoxy groups -OCH3 is 1. The van der Waals surface area contributed by atoms with Gasteiger partial charge in [-0.25, -0.2) is 0 Å². The third kappa shape index (κ3) is 5.10. The average molecular weight is 376 g/mol. The van der Waals surface area contributed by atoms with Gasteiger partial charge in [0.1, 0.15) is 5.75 Å². The average Bonchev–Trinajstić information content (AvgIpc) is 2.51. The molecule has 0 unspecified atom stereocenters. The van der Waals surface area contributed by atoms with Crippen molar-refractivity contribution in [3.8, 4) is 5.75 Å². The molecule has 0 aliphatic heterocycles. The van der Waals surface area contributed by atoms with E-state index in [1.165, 1.54) is 11.1 Å². The van der Waals surface area contributed by atoms with Crippen molar-refractivity contribution in [3.63, 3.8) is 0 Å². The van der Waals surface area contributed by atoms with E-state index in [4.69, 9.17) is 4.74 Å². The Morgan fingerprint density at radius 3 is 2.61 bits per heavy atom. The smallest absolute Gasteiger partial charge is 0.224 e. The number of aryl methyl sites for hydroxylation is 2. The summed E-state index contributed by atoms with van der Waals surface area (Å²) in [5, 5.41) is 2.97. The second-order valence-corrected chi connectivity index (χ2v) is 6.57. The number of benzene rings is 2. The van der Waals surface area contributed by atoms with E-state index in [0.717, 1.165) is 27.8 Å². The zero-order chi connectivity index (χ0) is 16.8. The van der Waals surface area contributed by atoms with Crippen molar-refractivity contribution in [3.05, 3.63) is 63.1 Å². The van der Waals surface area contributed by atoms with E-state index in [2.05, 4.69) is 47.2 Å². The van der Waals surface area contributed by atoms with Crippen LogP contribution in [0, 0.1) is 13.8 Å². The summed E-state index contributed by atoms with van der Waals surface area (Å²) >= 11 is 3.46. The van der Waals surface area contributed by atoms with Gasteiger partial charge in [-0.1, -0.05) is 34.1 Å². The molecule has 0 aromatic heterocycles. The fourth-order valence-electron chi connectivity index (χ4n) is 2.44. The number of hydrogen-bond donors (Lipinski definition) is 1. The fraction of sp³-hybridized carbons (Fsp3) is 0.316. The zero-order valence-corrected chi connectivity index (χ0v) is 15.4. The summed E-state index contributed by atoms with van der Waals surface area (Å²) in [4.78, 5) is 12.1. The van der Waals surface area contributed by atoms with Gasteiger partial charge in [0, 0.05) is 11.0 Å². The van der Waals surface area contributed by atoms with Crippen LogP contribution in [0.2, 0.25) is 0 Å². The molecule has 122 valence electrons. The minimum Gasteiger partial charge on any atom is -0.496 e. The standard InChI is InChI=1S/C19H22BrNO2/c1-13-4-5-15(10-14(13)2)11-19(22)21-9-8-16-12-17(20)6-7-18(16)23-3/h4-7,10,12H,8-9,11H2,1-3H3,(H,21,22). The van der Waals surface area contributed by atoms with E-state index in [-0.39, 0.29) is 5.91 Å². The van der Waals surface area contributed by atoms with Gasteiger partial charge in [0.25, 0.3) is 0 Å². The quantitative estimate of drug-likeness (QED) is 0.829. The van der Waals surface area contributed by atoms with E-state index >= 15 is 0 Å². The van der Waals surface area contributed by atoms with Gasteiger partial charge in [-0.3, -0.25) is 4.79 Å². The van der Waals surface area contributed by atoms with Crippen molar-refractivity contribution in [2.75, 3.05) is 13.7 Å². The summed E-state index contributed by atoms with van der Waals surface area (Å²) in [6, 6.07) is 12.0. The van der Waals surface area contributed by atoms with Gasteiger partial charge in [0.2, 0.25) is 5.91 Å². The summed E-state index contributed by atoms with van der Waals surface area (Å²) in [6.45, 7) is 4.73. The highest BCUT2D eigenvalue weighted by Crippen LogP contribution is 2.23. The lowest BCUT2D eigenvalue weighted by atomic mass is 10.0. The van der Waals surface area contributed by atoms with Gasteiger partial charge in [0.15, 0.2) is 0 Å². The number of nitrogens with one attached hydrogen (secondary N) is 1. The van der Waals surface area contributed by atoms with E-state index in [1.807, 2.05) is 24.3 Å². The minimum atomic E-state index is 0.0437. The molecule has 0 aliphatic carbocycles. The van der Waals surface area contributed by atoms with Crippen LogP contribution < -0.4 is 10.1 Å². The summed E-state index contributed by atoms with van der Waals surface area (Å²) in [6.07, 6.45) is 1.15. The van der Waals surface area contributed by atoms with Crippen LogP contribution >= 0.6 is 15.9 Å². The molecule has 2 aromatic rings. The van der Waals surface area contributed by atoms with Gasteiger partial charge < -0.3 is 10.1 Å². The van der Waals surface area contributed by atoms with Crippen LogP contribution in [0.15, 0.2) is 40.9 Å². The summed E-state index contributed by atoms with van der Waals surface area (Å²) in [5.74, 6) is 0.888. The Kier molecular flexibility index (Phi) is 6.22. The molecule has 0 aliphatic rings. The molecular weight excluding hydrogens is 354 g/mol. The lowest BCUT2D eigenvalue weighted by molar-refractivity contribution is -0.120. The molecule has 4 heteroatoms. The first kappa shape index (κ1) is 17.5. The Balaban J connectivity index is 1.87. The molecule has 2 aromatic carbocycles. The Hall–Kier alpha value is -1.81. The number of halogens is 1. The SMILES string of the molecule is COc1ccc(Br)cc1CCNC(=O)Cc1ccc(C)c(C)c1. The first-order valence-electron chi connectivity index (χ1n) is 7.65. The van der Waals surface area contributed by atoms with E-state index in [1.54, 1.807) is 7.11 Å². The number of carbonyl (C=O) groups is 1. The maximum absolute atomic E-state index is 12.1. The third-order valence-corrected chi connectivity index (χ3v) is 4.39. The molecule has 0 saturated heterocycles. The molecule has 1 amide bonds. The zero-order valence-electron chi connectivity index (χ0n) is 13.8. The molecule has 0 heterocycles. The van der Waals surface area contributed by atoms with Crippen molar-refractivity contribution < 1.29 is 9.53 Å². The number of amides is 1. The monoisotopic (exact) mass is 375 g/mol. The highest BCUT2D eigenvalue weighted by molar-refractivity contribution is 9.10. The summed E-state index contributed by atoms with van der Waals surface area (Å²) in [5.41, 5.74) is 4.59. The molecule has 23 heavy (non-hydrogen) atoms. The van der Waals surface area contributed by atoms with Crippen LogP contribution in [0.4, 0.5) is 0 Å². The van der Waals surface area contributed by atoms with Gasteiger partial charge in [0.05, 0.1) is 13.5 Å². The van der Waals surface area contributed by atoms with Crippen LogP contribution in [0.25, 0.3) is 0 Å². The van der Waals surface area contributed by atoms with Gasteiger partial charge in [-0.05, 0) is 60.7 Å².